The highest BCUT2D eigenvalue weighted by atomic mass is 16.5. The molecule has 162 valence electrons. The van der Waals surface area contributed by atoms with E-state index in [-0.39, 0.29) is 12.5 Å². The fraction of sp³-hybridized carbons (Fsp3) is 0.154. The van der Waals surface area contributed by atoms with E-state index in [9.17, 15) is 4.79 Å². The van der Waals surface area contributed by atoms with Crippen LogP contribution >= 0.6 is 0 Å². The summed E-state index contributed by atoms with van der Waals surface area (Å²) in [6.07, 6.45) is 3.71. The number of hydrogen-bond acceptors (Lipinski definition) is 4. The molecule has 0 aliphatic carbocycles. The van der Waals surface area contributed by atoms with Gasteiger partial charge in [0.2, 0.25) is 0 Å². The smallest absolute Gasteiger partial charge is 0.277 e. The van der Waals surface area contributed by atoms with Crippen LogP contribution in [0.2, 0.25) is 0 Å². The molecule has 1 amide bonds. The number of hydrogen-bond donors (Lipinski definition) is 1. The van der Waals surface area contributed by atoms with Gasteiger partial charge < -0.3 is 14.0 Å². The minimum absolute atomic E-state index is 0.160. The average molecular weight is 428 g/mol. The summed E-state index contributed by atoms with van der Waals surface area (Å²) < 4.78 is 12.9. The van der Waals surface area contributed by atoms with Crippen LogP contribution in [0.1, 0.15) is 16.7 Å². The number of aromatic nitrogens is 1. The quantitative estimate of drug-likeness (QED) is 0.332. The van der Waals surface area contributed by atoms with Crippen molar-refractivity contribution in [3.63, 3.8) is 0 Å². The second kappa shape index (κ2) is 9.83. The van der Waals surface area contributed by atoms with E-state index in [4.69, 9.17) is 9.47 Å². The maximum Gasteiger partial charge on any atom is 0.277 e. The minimum atomic E-state index is -0.351. The molecule has 1 N–H and O–H groups in total. The number of fused-ring (bicyclic) bond motifs is 1. The molecule has 0 spiro atoms. The first-order valence-electron chi connectivity index (χ1n) is 10.3. The third-order valence-electron chi connectivity index (χ3n) is 5.08. The van der Waals surface area contributed by atoms with E-state index in [0.717, 1.165) is 23.0 Å². The number of nitrogens with zero attached hydrogens (tertiary/aromatic N) is 2. The number of hydrazone groups is 1. The van der Waals surface area contributed by atoms with Gasteiger partial charge in [-0.25, -0.2) is 5.43 Å². The fourth-order valence-corrected chi connectivity index (χ4v) is 3.60. The highest BCUT2D eigenvalue weighted by Crippen LogP contribution is 2.25. The molecule has 6 nitrogen and oxygen atoms in total. The van der Waals surface area contributed by atoms with Crippen molar-refractivity contribution in [3.8, 4) is 11.5 Å². The van der Waals surface area contributed by atoms with Gasteiger partial charge in [0, 0.05) is 29.2 Å². The van der Waals surface area contributed by atoms with Gasteiger partial charge in [0.1, 0.15) is 0 Å². The molecule has 0 aliphatic heterocycles. The molecular weight excluding hydrogens is 402 g/mol. The van der Waals surface area contributed by atoms with E-state index in [2.05, 4.69) is 58.4 Å². The van der Waals surface area contributed by atoms with Gasteiger partial charge in [-0.2, -0.15) is 5.10 Å². The summed E-state index contributed by atoms with van der Waals surface area (Å²) in [6.45, 7) is 2.69. The van der Waals surface area contributed by atoms with E-state index >= 15 is 0 Å². The first kappa shape index (κ1) is 21.2. The van der Waals surface area contributed by atoms with Crippen molar-refractivity contribution in [1.29, 1.82) is 0 Å². The standard InChI is InChI=1S/C26H25N3O3/c1-19-8-7-9-20(14-19)16-29-17-21(22-10-3-4-11-23(22)29)15-27-28-26(30)18-32-25-13-6-5-12-24(25)31-2/h3-15,17H,16,18H2,1-2H3,(H,28,30)/b27-15+. The van der Waals surface area contributed by atoms with Crippen LogP contribution in [0.4, 0.5) is 0 Å². The largest absolute Gasteiger partial charge is 0.493 e. The summed E-state index contributed by atoms with van der Waals surface area (Å²) in [7, 11) is 1.56. The lowest BCUT2D eigenvalue weighted by atomic mass is 10.1. The number of carbonyl (C=O) groups is 1. The fourth-order valence-electron chi connectivity index (χ4n) is 3.60. The molecule has 0 bridgehead atoms. The van der Waals surface area contributed by atoms with Crippen molar-refractivity contribution >= 4 is 23.0 Å². The summed E-state index contributed by atoms with van der Waals surface area (Å²) >= 11 is 0. The molecule has 0 aliphatic rings. The summed E-state index contributed by atoms with van der Waals surface area (Å²) in [6, 6.07) is 23.8. The summed E-state index contributed by atoms with van der Waals surface area (Å²) in [5, 5.41) is 5.20. The molecule has 1 heterocycles. The van der Waals surface area contributed by atoms with Gasteiger partial charge >= 0.3 is 0 Å². The highest BCUT2D eigenvalue weighted by molar-refractivity contribution is 5.99. The highest BCUT2D eigenvalue weighted by Gasteiger charge is 2.09. The van der Waals surface area contributed by atoms with Gasteiger partial charge in [-0.05, 0) is 30.7 Å². The molecule has 32 heavy (non-hydrogen) atoms. The van der Waals surface area contributed by atoms with Crippen LogP contribution in [0.5, 0.6) is 11.5 Å². The van der Waals surface area contributed by atoms with E-state index in [1.165, 1.54) is 11.1 Å². The van der Waals surface area contributed by atoms with E-state index < -0.39 is 0 Å². The second-order valence-corrected chi connectivity index (χ2v) is 7.45. The van der Waals surface area contributed by atoms with Gasteiger partial charge in [0.05, 0.1) is 13.3 Å². The summed E-state index contributed by atoms with van der Waals surface area (Å²) in [4.78, 5) is 12.2. The van der Waals surface area contributed by atoms with Crippen LogP contribution in [0.15, 0.2) is 84.1 Å². The van der Waals surface area contributed by atoms with Crippen molar-refractivity contribution in [3.05, 3.63) is 95.7 Å². The van der Waals surface area contributed by atoms with Gasteiger partial charge in [0.25, 0.3) is 5.91 Å². The zero-order chi connectivity index (χ0) is 22.3. The maximum absolute atomic E-state index is 12.2. The third-order valence-corrected chi connectivity index (χ3v) is 5.08. The van der Waals surface area contributed by atoms with E-state index in [1.807, 2.05) is 30.5 Å². The lowest BCUT2D eigenvalue weighted by molar-refractivity contribution is -0.123. The summed E-state index contributed by atoms with van der Waals surface area (Å²) in [5.41, 5.74) is 7.03. The van der Waals surface area contributed by atoms with E-state index in [0.29, 0.717) is 11.5 Å². The number of nitrogens with one attached hydrogen (secondary N) is 1. The number of rotatable bonds is 8. The number of aryl methyl sites for hydroxylation is 1. The molecule has 0 saturated heterocycles. The Morgan fingerprint density at radius 1 is 1.03 bits per heavy atom. The Hall–Kier alpha value is -4.06. The predicted molar refractivity (Wildman–Crippen MR) is 126 cm³/mol. The zero-order valence-electron chi connectivity index (χ0n) is 18.1. The van der Waals surface area contributed by atoms with Crippen molar-refractivity contribution in [1.82, 2.24) is 9.99 Å². The Kier molecular flexibility index (Phi) is 6.51. The van der Waals surface area contributed by atoms with Crippen LogP contribution in [0.3, 0.4) is 0 Å². The molecule has 0 radical (unpaired) electrons. The monoisotopic (exact) mass is 427 g/mol. The van der Waals surface area contributed by atoms with E-state index in [1.54, 1.807) is 25.5 Å². The van der Waals surface area contributed by atoms with Gasteiger partial charge in [-0.15, -0.1) is 0 Å². The number of amides is 1. The molecule has 0 saturated carbocycles. The zero-order valence-corrected chi connectivity index (χ0v) is 18.1. The molecule has 1 aromatic heterocycles. The predicted octanol–water partition coefficient (Wildman–Crippen LogP) is 4.54. The van der Waals surface area contributed by atoms with Crippen LogP contribution in [-0.2, 0) is 11.3 Å². The minimum Gasteiger partial charge on any atom is -0.493 e. The van der Waals surface area contributed by atoms with Crippen LogP contribution < -0.4 is 14.9 Å². The molecular formula is C26H25N3O3. The Morgan fingerprint density at radius 3 is 2.62 bits per heavy atom. The Bertz CT molecular complexity index is 1260. The molecule has 3 aromatic carbocycles. The van der Waals surface area contributed by atoms with Crippen molar-refractivity contribution in [2.75, 3.05) is 13.7 Å². The van der Waals surface area contributed by atoms with Crippen molar-refractivity contribution < 1.29 is 14.3 Å². The number of benzene rings is 3. The maximum atomic E-state index is 12.2. The lowest BCUT2D eigenvalue weighted by Crippen LogP contribution is -2.24. The topological polar surface area (TPSA) is 64.8 Å². The second-order valence-electron chi connectivity index (χ2n) is 7.45. The molecule has 0 fully saturated rings. The normalized spacial score (nSPS) is 11.1. The van der Waals surface area contributed by atoms with Crippen molar-refractivity contribution in [2.45, 2.75) is 13.5 Å². The van der Waals surface area contributed by atoms with Gasteiger partial charge in [-0.1, -0.05) is 60.2 Å². The van der Waals surface area contributed by atoms with Crippen LogP contribution in [-0.4, -0.2) is 30.4 Å². The number of para-hydroxylation sites is 3. The Morgan fingerprint density at radius 2 is 1.81 bits per heavy atom. The van der Waals surface area contributed by atoms with Crippen LogP contribution in [0.25, 0.3) is 10.9 Å². The number of ether oxygens (including phenoxy) is 2. The van der Waals surface area contributed by atoms with Gasteiger partial charge in [0.15, 0.2) is 18.1 Å². The number of carbonyl (C=O) groups excluding carboxylic acids is 1. The first-order chi connectivity index (χ1) is 15.6. The van der Waals surface area contributed by atoms with Gasteiger partial charge in [-0.3, -0.25) is 4.79 Å². The van der Waals surface area contributed by atoms with Crippen LogP contribution in [0, 0.1) is 6.92 Å². The molecule has 4 rings (SSSR count). The third kappa shape index (κ3) is 4.98. The molecule has 6 heteroatoms. The van der Waals surface area contributed by atoms with Crippen molar-refractivity contribution in [2.24, 2.45) is 5.10 Å². The Balaban J connectivity index is 1.44. The molecule has 0 atom stereocenters. The number of methoxy groups -OCH3 is 1. The average Bonchev–Trinajstić information content (AvgIpc) is 3.15. The SMILES string of the molecule is COc1ccccc1OCC(=O)N/N=C/c1cn(Cc2cccc(C)c2)c2ccccc12. The lowest BCUT2D eigenvalue weighted by Gasteiger charge is -2.09. The Labute approximate surface area is 187 Å². The molecule has 4 aromatic rings. The summed E-state index contributed by atoms with van der Waals surface area (Å²) in [5.74, 6) is 0.731. The molecule has 0 unspecified atom stereocenters. The first-order valence-corrected chi connectivity index (χ1v) is 10.3.